The molecule has 0 bridgehead atoms. The van der Waals surface area contributed by atoms with Crippen molar-refractivity contribution < 1.29 is 28.2 Å². The molecule has 0 spiro atoms. The average molecular weight is 532 g/mol. The maximum Gasteiger partial charge on any atom is 0.326 e. The highest BCUT2D eigenvalue weighted by atomic mass is 19.3. The first-order chi connectivity index (χ1) is 18.4. The van der Waals surface area contributed by atoms with E-state index in [4.69, 9.17) is 9.72 Å². The molecule has 2 aromatic heterocycles. The smallest absolute Gasteiger partial charge is 0.326 e. The number of carboxylic acid groups (broad SMARTS) is 1. The second-order valence-corrected chi connectivity index (χ2v) is 10.8. The van der Waals surface area contributed by atoms with E-state index in [-0.39, 0.29) is 25.7 Å². The monoisotopic (exact) mass is 531 g/mol. The summed E-state index contributed by atoms with van der Waals surface area (Å²) in [6.45, 7) is 0.248. The van der Waals surface area contributed by atoms with Crippen LogP contribution in [0, 0.1) is 11.8 Å². The van der Waals surface area contributed by atoms with Crippen molar-refractivity contribution in [2.24, 2.45) is 11.8 Å². The summed E-state index contributed by atoms with van der Waals surface area (Å²) in [4.78, 5) is 29.3. The zero-order valence-corrected chi connectivity index (χ0v) is 21.5. The van der Waals surface area contributed by atoms with Crippen LogP contribution >= 0.6 is 0 Å². The van der Waals surface area contributed by atoms with Crippen molar-refractivity contribution in [2.45, 2.75) is 95.7 Å². The van der Waals surface area contributed by atoms with Gasteiger partial charge < -0.3 is 19.7 Å². The van der Waals surface area contributed by atoms with E-state index in [1.165, 1.54) is 34.4 Å². The summed E-state index contributed by atoms with van der Waals surface area (Å²) in [7, 11) is 0. The number of rotatable bonds is 11. The number of fused-ring (bicyclic) bond motifs is 2. The lowest BCUT2D eigenvalue weighted by atomic mass is 9.79. The number of aliphatic carboxylic acids is 1. The highest BCUT2D eigenvalue weighted by molar-refractivity contribution is 5.85. The Morgan fingerprint density at radius 2 is 1.97 bits per heavy atom. The Morgan fingerprint density at radius 1 is 1.16 bits per heavy atom. The van der Waals surface area contributed by atoms with Gasteiger partial charge in [-0.3, -0.25) is 9.78 Å². The Morgan fingerprint density at radius 3 is 2.76 bits per heavy atom. The first kappa shape index (κ1) is 26.6. The third-order valence-electron chi connectivity index (χ3n) is 8.15. The van der Waals surface area contributed by atoms with Crippen LogP contribution < -0.4 is 5.32 Å². The number of carbonyl (C=O) groups excluding carboxylic acids is 1. The highest BCUT2D eigenvalue weighted by Crippen LogP contribution is 2.34. The van der Waals surface area contributed by atoms with Crippen LogP contribution in [0.15, 0.2) is 12.1 Å². The summed E-state index contributed by atoms with van der Waals surface area (Å²) >= 11 is 0. The molecule has 0 unspecified atom stereocenters. The van der Waals surface area contributed by atoms with Gasteiger partial charge in [0, 0.05) is 37.4 Å². The Hall–Kier alpha value is -2.95. The zero-order chi connectivity index (χ0) is 26.6. The molecule has 206 valence electrons. The van der Waals surface area contributed by atoms with Crippen LogP contribution in [0.25, 0.3) is 0 Å². The van der Waals surface area contributed by atoms with Gasteiger partial charge in [0.25, 0.3) is 6.43 Å². The summed E-state index contributed by atoms with van der Waals surface area (Å²) in [6, 6.07) is 3.31. The number of alkyl halides is 2. The lowest BCUT2D eigenvalue weighted by molar-refractivity contribution is -0.143. The van der Waals surface area contributed by atoms with E-state index in [9.17, 15) is 23.5 Å². The number of nitrogens with zero attached hydrogens (tertiary/aromatic N) is 4. The number of hydrogen-bond donors (Lipinski definition) is 2. The molecule has 0 radical (unpaired) electrons. The maximum atomic E-state index is 13.2. The van der Waals surface area contributed by atoms with Crippen LogP contribution in [0.1, 0.15) is 80.0 Å². The molecule has 3 heterocycles. The van der Waals surface area contributed by atoms with Gasteiger partial charge in [-0.25, -0.2) is 13.6 Å². The molecular weight excluding hydrogens is 496 g/mol. The average Bonchev–Trinajstić information content (AvgIpc) is 3.32. The van der Waals surface area contributed by atoms with Gasteiger partial charge in [-0.2, -0.15) is 0 Å². The highest BCUT2D eigenvalue weighted by Gasteiger charge is 2.33. The molecule has 1 aliphatic heterocycles. The van der Waals surface area contributed by atoms with Gasteiger partial charge in [-0.15, -0.1) is 10.2 Å². The minimum atomic E-state index is -2.78. The summed E-state index contributed by atoms with van der Waals surface area (Å²) in [5.74, 6) is -1.67. The molecule has 38 heavy (non-hydrogen) atoms. The number of halogens is 2. The van der Waals surface area contributed by atoms with Gasteiger partial charge in [0.1, 0.15) is 11.9 Å². The maximum absolute atomic E-state index is 13.2. The van der Waals surface area contributed by atoms with Crippen molar-refractivity contribution in [3.8, 4) is 0 Å². The molecule has 2 N–H and O–H groups in total. The van der Waals surface area contributed by atoms with Gasteiger partial charge in [0.15, 0.2) is 5.82 Å². The molecule has 1 saturated carbocycles. The number of ether oxygens (including phenoxy) is 1. The molecule has 2 aromatic rings. The van der Waals surface area contributed by atoms with Crippen molar-refractivity contribution in [1.82, 2.24) is 25.1 Å². The van der Waals surface area contributed by atoms with Crippen LogP contribution in [-0.4, -0.2) is 55.5 Å². The van der Waals surface area contributed by atoms with Crippen LogP contribution in [-0.2, 0) is 46.6 Å². The van der Waals surface area contributed by atoms with E-state index in [1.807, 2.05) is 0 Å². The van der Waals surface area contributed by atoms with Crippen molar-refractivity contribution in [2.75, 3.05) is 6.61 Å². The number of pyridine rings is 1. The summed E-state index contributed by atoms with van der Waals surface area (Å²) < 4.78 is 33.5. The molecule has 11 heteroatoms. The molecule has 1 fully saturated rings. The quantitative estimate of drug-likeness (QED) is 0.456. The molecule has 0 aromatic carbocycles. The van der Waals surface area contributed by atoms with E-state index in [2.05, 4.69) is 27.6 Å². The number of carboxylic acids is 1. The van der Waals surface area contributed by atoms with E-state index in [1.54, 1.807) is 0 Å². The summed E-state index contributed by atoms with van der Waals surface area (Å²) in [5.41, 5.74) is 3.84. The number of carbonyl (C=O) groups is 2. The first-order valence-electron chi connectivity index (χ1n) is 13.7. The minimum absolute atomic E-state index is 0.0150. The number of amides is 1. The summed E-state index contributed by atoms with van der Waals surface area (Å²) in [6.07, 6.45) is 6.86. The fourth-order valence-electron chi connectivity index (χ4n) is 5.79. The van der Waals surface area contributed by atoms with E-state index in [0.29, 0.717) is 24.6 Å². The third kappa shape index (κ3) is 6.19. The molecule has 2 aliphatic carbocycles. The Kier molecular flexibility index (Phi) is 8.30. The fourth-order valence-corrected chi connectivity index (χ4v) is 5.79. The van der Waals surface area contributed by atoms with E-state index < -0.39 is 36.1 Å². The molecule has 0 saturated heterocycles. The van der Waals surface area contributed by atoms with Gasteiger partial charge >= 0.3 is 5.97 Å². The number of aryl methyl sites for hydroxylation is 4. The number of nitrogens with one attached hydrogen (secondary N) is 1. The van der Waals surface area contributed by atoms with Crippen LogP contribution in [0.3, 0.4) is 0 Å². The van der Waals surface area contributed by atoms with E-state index >= 15 is 0 Å². The first-order valence-corrected chi connectivity index (χ1v) is 13.7. The summed E-state index contributed by atoms with van der Waals surface area (Å²) in [5, 5.41) is 19.4. The molecule has 5 rings (SSSR count). The predicted molar refractivity (Wildman–Crippen MR) is 133 cm³/mol. The van der Waals surface area contributed by atoms with Crippen LogP contribution in [0.2, 0.25) is 0 Å². The Labute approximate surface area is 220 Å². The second kappa shape index (κ2) is 11.8. The lowest BCUT2D eigenvalue weighted by Gasteiger charge is -2.35. The third-order valence-corrected chi connectivity index (χ3v) is 8.15. The minimum Gasteiger partial charge on any atom is -0.480 e. The molecular formula is C27H35F2N5O4. The predicted octanol–water partition coefficient (Wildman–Crippen LogP) is 3.44. The zero-order valence-electron chi connectivity index (χ0n) is 21.5. The van der Waals surface area contributed by atoms with E-state index in [0.717, 1.165) is 38.5 Å². The lowest BCUT2D eigenvalue weighted by Crippen LogP contribution is -2.46. The van der Waals surface area contributed by atoms with Gasteiger partial charge in [-0.05, 0) is 75.3 Å². The number of hydrogen-bond acceptors (Lipinski definition) is 6. The SMILES string of the molecule is O=C(N[C@@H](CCOC1CC(CCc2ccc3c(n2)CCCC3)C1)C(=O)O)[C@@H]1CCc2nnc(C(F)F)n2C1. The van der Waals surface area contributed by atoms with Crippen molar-refractivity contribution in [1.29, 1.82) is 0 Å². The van der Waals surface area contributed by atoms with Gasteiger partial charge in [-0.1, -0.05) is 6.07 Å². The molecule has 9 nitrogen and oxygen atoms in total. The van der Waals surface area contributed by atoms with Crippen molar-refractivity contribution >= 4 is 11.9 Å². The normalized spacial score (nSPS) is 23.3. The van der Waals surface area contributed by atoms with Crippen LogP contribution in [0.5, 0.6) is 0 Å². The molecule has 2 atom stereocenters. The Bertz CT molecular complexity index is 1150. The second-order valence-electron chi connectivity index (χ2n) is 10.8. The topological polar surface area (TPSA) is 119 Å². The molecule has 3 aliphatic rings. The molecule has 1 amide bonds. The van der Waals surface area contributed by atoms with Crippen molar-refractivity contribution in [3.05, 3.63) is 40.7 Å². The largest absolute Gasteiger partial charge is 0.480 e. The fraction of sp³-hybridized carbons (Fsp3) is 0.667. The van der Waals surface area contributed by atoms with Gasteiger partial charge in [0.05, 0.1) is 12.0 Å². The standard InChI is InChI=1S/C27H35F2N5O4/c28-24(29)25-33-32-23-10-7-18(15-34(23)25)26(35)31-22(27(36)37)11-12-38-20-13-16(14-20)5-8-19-9-6-17-3-1-2-4-21(17)30-19/h6,9,16,18,20,22,24H,1-5,7-8,10-15H2,(H,31,35)(H,36,37)/t16?,18-,20?,22+/m1/s1. The number of aromatic nitrogens is 4. The van der Waals surface area contributed by atoms with Gasteiger partial charge in [0.2, 0.25) is 5.91 Å². The van der Waals surface area contributed by atoms with Crippen LogP contribution in [0.4, 0.5) is 8.78 Å². The Balaban J connectivity index is 1.01. The van der Waals surface area contributed by atoms with Crippen molar-refractivity contribution in [3.63, 3.8) is 0 Å².